The van der Waals surface area contributed by atoms with Gasteiger partial charge >= 0.3 is 200 Å². The molecule has 2 atom stereocenters. The molecule has 0 nitrogen and oxygen atoms in total. The van der Waals surface area contributed by atoms with Crippen LogP contribution >= 0.6 is 0 Å². The van der Waals surface area contributed by atoms with Crippen LogP contribution in [0.5, 0.6) is 0 Å². The van der Waals surface area contributed by atoms with Gasteiger partial charge in [0.05, 0.1) is 0 Å². The van der Waals surface area contributed by atoms with E-state index >= 15 is 0 Å². The van der Waals surface area contributed by atoms with Crippen LogP contribution in [0.4, 0.5) is 0 Å². The second-order valence-electron chi connectivity index (χ2n) is 9.75. The molecule has 0 saturated heterocycles. The maximum atomic E-state index is 2.61. The third kappa shape index (κ3) is 4.11. The van der Waals surface area contributed by atoms with Crippen molar-refractivity contribution in [3.63, 3.8) is 0 Å². The van der Waals surface area contributed by atoms with Crippen LogP contribution in [0.25, 0.3) is 33.7 Å². The maximum Gasteiger partial charge on any atom is -1.00 e. The quantitative estimate of drug-likeness (QED) is 0.321. The van der Waals surface area contributed by atoms with E-state index in [0.717, 1.165) is 0 Å². The Kier molecular flexibility index (Phi) is 7.47. The van der Waals surface area contributed by atoms with E-state index in [1.807, 2.05) is 0 Å². The maximum absolute atomic E-state index is 2.61. The summed E-state index contributed by atoms with van der Waals surface area (Å²) >= 11 is -1.96. The number of benzene rings is 4. The zero-order valence-electron chi connectivity index (χ0n) is 20.0. The van der Waals surface area contributed by atoms with Crippen LogP contribution in [0.1, 0.15) is 43.4 Å². The summed E-state index contributed by atoms with van der Waals surface area (Å²) in [6.45, 7) is 10.0. The first kappa shape index (κ1) is 25.6. The summed E-state index contributed by atoms with van der Waals surface area (Å²) in [5.41, 5.74) is 9.08. The molecule has 34 heavy (non-hydrogen) atoms. The summed E-state index contributed by atoms with van der Waals surface area (Å²) in [5, 5.41) is 5.53. The predicted molar refractivity (Wildman–Crippen MR) is 138 cm³/mol. The molecular weight excluding hydrogens is 551 g/mol. The fraction of sp³-hybridized carbons (Fsp3) is 0.200. The number of allylic oxidation sites excluding steroid dienone is 2. The first-order valence-corrected chi connectivity index (χ1v) is 20.6. The Balaban J connectivity index is 0.00000137. The van der Waals surface area contributed by atoms with Crippen molar-refractivity contribution in [3.05, 3.63) is 106 Å². The van der Waals surface area contributed by atoms with E-state index in [4.69, 9.17) is 0 Å². The predicted octanol–water partition coefficient (Wildman–Crippen LogP) is 2.49. The van der Waals surface area contributed by atoms with E-state index < -0.39 is 20.4 Å². The zero-order valence-corrected chi connectivity index (χ0v) is 25.0. The second-order valence-corrected chi connectivity index (χ2v) is 27.6. The molecule has 0 saturated carbocycles. The number of halogens is 2. The summed E-state index contributed by atoms with van der Waals surface area (Å²) < 4.78 is 1.40. The zero-order chi connectivity index (χ0) is 22.0. The largest absolute Gasteiger partial charge is 1.00 e. The van der Waals surface area contributed by atoms with E-state index in [9.17, 15) is 0 Å². The molecule has 0 aliphatic heterocycles. The molecule has 0 spiro atoms. The van der Waals surface area contributed by atoms with Crippen molar-refractivity contribution in [2.24, 2.45) is 0 Å². The van der Waals surface area contributed by atoms with Crippen molar-refractivity contribution in [2.75, 3.05) is 0 Å². The molecule has 0 heterocycles. The van der Waals surface area contributed by atoms with E-state index in [1.54, 1.807) is 22.3 Å². The van der Waals surface area contributed by atoms with Crippen LogP contribution in [0.3, 0.4) is 0 Å². The number of hydrogen-bond acceptors (Lipinski definition) is 0. The molecule has 0 bridgehead atoms. The summed E-state index contributed by atoms with van der Waals surface area (Å²) in [5.74, 6) is 0. The first-order valence-electron chi connectivity index (χ1n) is 11.6. The van der Waals surface area contributed by atoms with Gasteiger partial charge in [0.1, 0.15) is 0 Å². The van der Waals surface area contributed by atoms with E-state index in [0.29, 0.717) is 7.25 Å². The van der Waals surface area contributed by atoms with Crippen molar-refractivity contribution < 1.29 is 45.2 Å². The van der Waals surface area contributed by atoms with Crippen LogP contribution in [0, 0.1) is 0 Å². The molecule has 0 aromatic heterocycles. The summed E-state index contributed by atoms with van der Waals surface area (Å²) in [6.07, 6.45) is 5.01. The van der Waals surface area contributed by atoms with Gasteiger partial charge in [-0.1, -0.05) is 0 Å². The minimum Gasteiger partial charge on any atom is -1.00 e. The minimum atomic E-state index is -1.96. The average molecular weight is 579 g/mol. The normalized spacial score (nSPS) is 17.6. The summed E-state index contributed by atoms with van der Waals surface area (Å²) in [6, 6.07) is 27.7. The van der Waals surface area contributed by atoms with Crippen molar-refractivity contribution in [1.29, 1.82) is 0 Å². The number of rotatable bonds is 2. The molecule has 0 N–H and O–H groups in total. The van der Waals surface area contributed by atoms with Crippen molar-refractivity contribution in [3.8, 4) is 0 Å². The van der Waals surface area contributed by atoms with Gasteiger partial charge in [-0.15, -0.1) is 0 Å². The van der Waals surface area contributed by atoms with Gasteiger partial charge in [0.25, 0.3) is 0 Å². The SMILES string of the molecule is CC1=Cc2cc3ccccc3cc2[CH]1[Zr+2]([CH]1C(C)=Cc2cc3ccccc3cc21)=[Si](C)C.[Cl-].[Cl-]. The van der Waals surface area contributed by atoms with Crippen LogP contribution < -0.4 is 24.8 Å². The van der Waals surface area contributed by atoms with Crippen molar-refractivity contribution in [2.45, 2.75) is 34.2 Å². The first-order chi connectivity index (χ1) is 15.5. The Labute approximate surface area is 223 Å². The Bertz CT molecular complexity index is 1420. The van der Waals surface area contributed by atoms with Crippen molar-refractivity contribution >= 4 is 39.1 Å². The van der Waals surface area contributed by atoms with Crippen LogP contribution in [-0.4, -0.2) is 5.43 Å². The van der Waals surface area contributed by atoms with Gasteiger partial charge in [-0.3, -0.25) is 0 Å². The van der Waals surface area contributed by atoms with Gasteiger partial charge < -0.3 is 24.8 Å². The molecule has 0 fully saturated rings. The molecule has 2 aliphatic carbocycles. The number of fused-ring (bicyclic) bond motifs is 4. The van der Waals surface area contributed by atoms with Crippen LogP contribution in [0.2, 0.25) is 13.1 Å². The standard InChI is InChI=1S/2C14H11.C2H6Si.2ClH.Zr/c2*1-10-6-13-8-11-4-2-3-5-12(11)9-14(13)7-10;1-3-2;;;/h2*2-9H,1H3;1-2H3;2*1H;/q;;;;;+2/p-2. The monoisotopic (exact) mass is 576 g/mol. The Hall–Kier alpha value is -1.44. The molecular formula is C30H28Cl2SiZr. The van der Waals surface area contributed by atoms with E-state index in [1.165, 1.54) is 32.7 Å². The molecule has 2 unspecified atom stereocenters. The Morgan fingerprint density at radius 2 is 0.941 bits per heavy atom. The van der Waals surface area contributed by atoms with Gasteiger partial charge in [0.15, 0.2) is 0 Å². The molecule has 6 rings (SSSR count). The van der Waals surface area contributed by atoms with Crippen LogP contribution in [-0.2, 0) is 20.4 Å². The summed E-state index contributed by atoms with van der Waals surface area (Å²) in [4.78, 5) is 0. The summed E-state index contributed by atoms with van der Waals surface area (Å²) in [7, 11) is 0. The molecule has 4 aromatic rings. The van der Waals surface area contributed by atoms with E-state index in [2.05, 4.69) is 112 Å². The molecule has 4 heteroatoms. The smallest absolute Gasteiger partial charge is 1.00 e. The third-order valence-corrected chi connectivity index (χ3v) is 27.3. The third-order valence-electron chi connectivity index (χ3n) is 7.40. The van der Waals surface area contributed by atoms with Gasteiger partial charge in [-0.05, 0) is 0 Å². The molecule has 0 radical (unpaired) electrons. The fourth-order valence-electron chi connectivity index (χ4n) is 6.02. The van der Waals surface area contributed by atoms with Gasteiger partial charge in [-0.2, -0.15) is 0 Å². The Morgan fingerprint density at radius 3 is 1.29 bits per heavy atom. The molecule has 2 aliphatic rings. The minimum absolute atomic E-state index is 0. The van der Waals surface area contributed by atoms with E-state index in [-0.39, 0.29) is 30.2 Å². The Morgan fingerprint density at radius 1 is 0.588 bits per heavy atom. The fourth-order valence-corrected chi connectivity index (χ4v) is 26.7. The van der Waals surface area contributed by atoms with Crippen LogP contribution in [0.15, 0.2) is 83.9 Å². The second kappa shape index (κ2) is 9.90. The molecule has 170 valence electrons. The topological polar surface area (TPSA) is 0 Å². The average Bonchev–Trinajstić information content (AvgIpc) is 3.26. The molecule has 4 aromatic carbocycles. The van der Waals surface area contributed by atoms with Gasteiger partial charge in [0.2, 0.25) is 0 Å². The number of hydrogen-bond donors (Lipinski definition) is 0. The van der Waals surface area contributed by atoms with Gasteiger partial charge in [-0.25, -0.2) is 0 Å². The van der Waals surface area contributed by atoms with Crippen molar-refractivity contribution in [1.82, 2.24) is 0 Å². The van der Waals surface area contributed by atoms with Gasteiger partial charge in [0, 0.05) is 0 Å². The molecule has 0 amide bonds.